The fourth-order valence-corrected chi connectivity index (χ4v) is 4.53. The Balaban J connectivity index is 1.43. The first kappa shape index (κ1) is 24.4. The predicted octanol–water partition coefficient (Wildman–Crippen LogP) is 6.46. The number of carbonyl (C=O) groups is 1. The van der Waals surface area contributed by atoms with Crippen molar-refractivity contribution < 1.29 is 9.21 Å². The highest BCUT2D eigenvalue weighted by molar-refractivity contribution is 5.95. The Bertz CT molecular complexity index is 1540. The number of aryl methyl sites for hydroxylation is 2. The van der Waals surface area contributed by atoms with E-state index in [-0.39, 0.29) is 11.9 Å². The first-order valence-electron chi connectivity index (χ1n) is 12.7. The second-order valence-corrected chi connectivity index (χ2v) is 9.81. The molecule has 1 atom stereocenters. The molecule has 0 aliphatic rings. The van der Waals surface area contributed by atoms with Crippen LogP contribution >= 0.6 is 0 Å². The van der Waals surface area contributed by atoms with Gasteiger partial charge in [0, 0.05) is 18.2 Å². The average molecular weight is 494 g/mol. The Kier molecular flexibility index (Phi) is 6.86. The quantitative estimate of drug-likeness (QED) is 0.268. The van der Waals surface area contributed by atoms with Gasteiger partial charge in [0.15, 0.2) is 0 Å². The van der Waals surface area contributed by atoms with Gasteiger partial charge in [0.2, 0.25) is 5.89 Å². The molecule has 7 nitrogen and oxygen atoms in total. The molecule has 0 aliphatic carbocycles. The molecule has 0 fully saturated rings. The van der Waals surface area contributed by atoms with Gasteiger partial charge in [-0.1, -0.05) is 62.4 Å². The van der Waals surface area contributed by atoms with Crippen LogP contribution in [-0.2, 0) is 6.42 Å². The van der Waals surface area contributed by atoms with Crippen molar-refractivity contribution in [1.29, 1.82) is 0 Å². The Hall–Kier alpha value is -4.26. The summed E-state index contributed by atoms with van der Waals surface area (Å²) in [5.74, 6) is 1.29. The van der Waals surface area contributed by atoms with Crippen molar-refractivity contribution in [2.24, 2.45) is 5.92 Å². The molecule has 2 heterocycles. The maximum atomic E-state index is 13.3. The minimum atomic E-state index is -0.152. The van der Waals surface area contributed by atoms with Gasteiger partial charge < -0.3 is 9.73 Å². The molecule has 0 spiro atoms. The molecule has 7 heteroatoms. The lowest BCUT2D eigenvalue weighted by atomic mass is 9.99. The lowest BCUT2D eigenvalue weighted by Gasteiger charge is -2.17. The van der Waals surface area contributed by atoms with Crippen molar-refractivity contribution in [3.05, 3.63) is 95.5 Å². The maximum Gasteiger partial charge on any atom is 0.268 e. The number of nitrogens with one attached hydrogen (secondary N) is 1. The summed E-state index contributed by atoms with van der Waals surface area (Å²) in [5, 5.41) is 18.3. The minimum Gasteiger partial charge on any atom is -0.420 e. The number of fused-ring (bicyclic) bond motifs is 1. The van der Waals surface area contributed by atoms with Crippen molar-refractivity contribution in [3.63, 3.8) is 0 Å². The van der Waals surface area contributed by atoms with Crippen molar-refractivity contribution in [2.45, 2.75) is 46.6 Å². The van der Waals surface area contributed by atoms with E-state index < -0.39 is 0 Å². The zero-order valence-corrected chi connectivity index (χ0v) is 21.6. The van der Waals surface area contributed by atoms with E-state index >= 15 is 0 Å². The van der Waals surface area contributed by atoms with E-state index in [4.69, 9.17) is 9.52 Å². The summed E-state index contributed by atoms with van der Waals surface area (Å²) in [5.41, 5.74) is 4.13. The van der Waals surface area contributed by atoms with Gasteiger partial charge in [-0.2, -0.15) is 5.10 Å². The highest BCUT2D eigenvalue weighted by atomic mass is 16.4. The van der Waals surface area contributed by atoms with E-state index in [0.717, 1.165) is 40.6 Å². The first-order chi connectivity index (χ1) is 17.9. The summed E-state index contributed by atoms with van der Waals surface area (Å²) in [6.07, 6.45) is 1.85. The Morgan fingerprint density at radius 3 is 2.54 bits per heavy atom. The van der Waals surface area contributed by atoms with E-state index in [1.807, 2.05) is 60.1 Å². The number of carbonyl (C=O) groups excluding carboxylic acids is 1. The molecule has 5 aromatic rings. The molecular formula is C30H31N5O2. The SMILES string of the molecule is Cc1nnc(-c2cc(CCC(C)C)n(-c3cccc(C(=O)NC(C)c4cccc5ccccc45)c3)n2)o1. The Labute approximate surface area is 216 Å². The fraction of sp³-hybridized carbons (Fsp3) is 0.267. The molecule has 0 bridgehead atoms. The Morgan fingerprint density at radius 1 is 0.973 bits per heavy atom. The highest BCUT2D eigenvalue weighted by Crippen LogP contribution is 2.26. The van der Waals surface area contributed by atoms with Crippen LogP contribution in [0.2, 0.25) is 0 Å². The number of hydrogen-bond acceptors (Lipinski definition) is 5. The summed E-state index contributed by atoms with van der Waals surface area (Å²) in [6.45, 7) is 8.17. The van der Waals surface area contributed by atoms with Crippen LogP contribution in [0.3, 0.4) is 0 Å². The van der Waals surface area contributed by atoms with E-state index in [0.29, 0.717) is 29.0 Å². The van der Waals surface area contributed by atoms with Crippen LogP contribution in [0.4, 0.5) is 0 Å². The molecule has 1 N–H and O–H groups in total. The zero-order valence-electron chi connectivity index (χ0n) is 21.6. The van der Waals surface area contributed by atoms with Gasteiger partial charge in [-0.25, -0.2) is 4.68 Å². The third kappa shape index (κ3) is 5.31. The summed E-state index contributed by atoms with van der Waals surface area (Å²) >= 11 is 0. The molecular weight excluding hydrogens is 462 g/mol. The summed E-state index contributed by atoms with van der Waals surface area (Å²) in [4.78, 5) is 13.3. The second kappa shape index (κ2) is 10.4. The van der Waals surface area contributed by atoms with E-state index in [9.17, 15) is 4.79 Å². The first-order valence-corrected chi connectivity index (χ1v) is 12.7. The van der Waals surface area contributed by atoms with Gasteiger partial charge in [-0.3, -0.25) is 4.79 Å². The predicted molar refractivity (Wildman–Crippen MR) is 145 cm³/mol. The standard InChI is InChI=1S/C30H31N5O2/c1-19(2)15-16-25-18-28(30-33-32-21(4)37-30)34-35(25)24-12-7-11-23(17-24)29(36)31-20(3)26-14-8-10-22-9-5-6-13-27(22)26/h5-14,17-20H,15-16H2,1-4H3,(H,31,36). The van der Waals surface area contributed by atoms with E-state index in [2.05, 4.69) is 53.6 Å². The number of hydrogen-bond donors (Lipinski definition) is 1. The molecule has 3 aromatic carbocycles. The van der Waals surface area contributed by atoms with E-state index in [1.54, 1.807) is 6.92 Å². The van der Waals surface area contributed by atoms with Gasteiger partial charge in [-0.15, -0.1) is 10.2 Å². The molecule has 1 unspecified atom stereocenters. The molecule has 5 rings (SSSR count). The number of rotatable bonds is 8. The van der Waals surface area contributed by atoms with Crippen LogP contribution in [0.5, 0.6) is 0 Å². The average Bonchev–Trinajstić information content (AvgIpc) is 3.53. The fourth-order valence-electron chi connectivity index (χ4n) is 4.53. The number of nitrogens with zero attached hydrogens (tertiary/aromatic N) is 4. The van der Waals surface area contributed by atoms with Crippen LogP contribution < -0.4 is 5.32 Å². The molecule has 0 aliphatic heterocycles. The smallest absolute Gasteiger partial charge is 0.268 e. The largest absolute Gasteiger partial charge is 0.420 e. The van der Waals surface area contributed by atoms with Crippen molar-refractivity contribution in [1.82, 2.24) is 25.3 Å². The molecule has 2 aromatic heterocycles. The third-order valence-corrected chi connectivity index (χ3v) is 6.50. The number of aromatic nitrogens is 4. The number of benzene rings is 3. The van der Waals surface area contributed by atoms with Crippen LogP contribution in [0, 0.1) is 12.8 Å². The van der Waals surface area contributed by atoms with Gasteiger partial charge in [0.1, 0.15) is 5.69 Å². The monoisotopic (exact) mass is 493 g/mol. The Morgan fingerprint density at radius 2 is 1.76 bits per heavy atom. The highest BCUT2D eigenvalue weighted by Gasteiger charge is 2.18. The van der Waals surface area contributed by atoms with Crippen molar-refractivity contribution >= 4 is 16.7 Å². The summed E-state index contributed by atoms with van der Waals surface area (Å²) in [6, 6.07) is 23.8. The lowest BCUT2D eigenvalue weighted by Crippen LogP contribution is -2.27. The number of amides is 1. The topological polar surface area (TPSA) is 85.8 Å². The second-order valence-electron chi connectivity index (χ2n) is 9.81. The van der Waals surface area contributed by atoms with Gasteiger partial charge in [0.05, 0.1) is 11.7 Å². The van der Waals surface area contributed by atoms with Crippen LogP contribution in [0.25, 0.3) is 28.0 Å². The van der Waals surface area contributed by atoms with Crippen LogP contribution in [-0.4, -0.2) is 25.9 Å². The maximum absolute atomic E-state index is 13.3. The summed E-state index contributed by atoms with van der Waals surface area (Å²) in [7, 11) is 0. The van der Waals surface area contributed by atoms with Crippen LogP contribution in [0.15, 0.2) is 77.2 Å². The third-order valence-electron chi connectivity index (χ3n) is 6.50. The molecule has 0 saturated heterocycles. The molecule has 0 radical (unpaired) electrons. The normalized spacial score (nSPS) is 12.2. The van der Waals surface area contributed by atoms with Gasteiger partial charge >= 0.3 is 0 Å². The van der Waals surface area contributed by atoms with Crippen molar-refractivity contribution in [2.75, 3.05) is 0 Å². The minimum absolute atomic E-state index is 0.133. The van der Waals surface area contributed by atoms with Crippen LogP contribution in [0.1, 0.15) is 60.7 Å². The lowest BCUT2D eigenvalue weighted by molar-refractivity contribution is 0.0940. The molecule has 1 amide bonds. The van der Waals surface area contributed by atoms with Gasteiger partial charge in [-0.05, 0) is 66.3 Å². The molecule has 0 saturated carbocycles. The molecule has 37 heavy (non-hydrogen) atoms. The summed E-state index contributed by atoms with van der Waals surface area (Å²) < 4.78 is 7.49. The zero-order chi connectivity index (χ0) is 25.9. The van der Waals surface area contributed by atoms with Gasteiger partial charge in [0.25, 0.3) is 11.8 Å². The van der Waals surface area contributed by atoms with Crippen molar-refractivity contribution in [3.8, 4) is 17.3 Å². The van der Waals surface area contributed by atoms with E-state index in [1.165, 1.54) is 0 Å². The molecule has 188 valence electrons.